The fourth-order valence-electron chi connectivity index (χ4n) is 2.99. The highest BCUT2D eigenvalue weighted by Gasteiger charge is 2.18. The second kappa shape index (κ2) is 8.19. The largest absolute Gasteiger partial charge is 0.322 e. The number of aromatic nitrogens is 3. The molecule has 2 aromatic carbocycles. The third kappa shape index (κ3) is 4.04. The van der Waals surface area contributed by atoms with Crippen molar-refractivity contribution in [1.82, 2.24) is 14.8 Å². The molecule has 1 N–H and O–H groups in total. The van der Waals surface area contributed by atoms with Gasteiger partial charge in [0, 0.05) is 34.9 Å². The Morgan fingerprint density at radius 1 is 1.19 bits per heavy atom. The lowest BCUT2D eigenvalue weighted by molar-refractivity contribution is 0.102. The van der Waals surface area contributed by atoms with Crippen LogP contribution in [0.25, 0.3) is 11.4 Å². The molecule has 27 heavy (non-hydrogen) atoms. The number of rotatable bonds is 5. The minimum atomic E-state index is -0.109. The summed E-state index contributed by atoms with van der Waals surface area (Å²) in [4.78, 5) is 12.6. The average Bonchev–Trinajstić information content (AvgIpc) is 3.40. The number of nitrogens with one attached hydrogen (secondary N) is 1. The van der Waals surface area contributed by atoms with Crippen LogP contribution < -0.4 is 5.32 Å². The highest BCUT2D eigenvalue weighted by molar-refractivity contribution is 8.19. The van der Waals surface area contributed by atoms with Crippen LogP contribution in [0.5, 0.6) is 0 Å². The van der Waals surface area contributed by atoms with E-state index in [1.165, 1.54) is 17.1 Å². The van der Waals surface area contributed by atoms with Gasteiger partial charge in [0.15, 0.2) is 5.82 Å². The number of anilines is 1. The summed E-state index contributed by atoms with van der Waals surface area (Å²) in [6.45, 7) is 2.84. The van der Waals surface area contributed by atoms with Gasteiger partial charge in [-0.25, -0.2) is 0 Å². The monoisotopic (exact) mass is 396 g/mol. The molecule has 0 unspecified atom stereocenters. The summed E-state index contributed by atoms with van der Waals surface area (Å²) in [5.41, 5.74) is 3.61. The van der Waals surface area contributed by atoms with E-state index >= 15 is 0 Å². The number of amides is 1. The molecule has 1 saturated heterocycles. The summed E-state index contributed by atoms with van der Waals surface area (Å²) in [6, 6.07) is 15.6. The molecule has 0 bridgehead atoms. The SMILES string of the molecule is CCn1cnnc1-c1cccc(NC(=O)c2ccc(C3SCCS3)cc2)c1. The van der Waals surface area contributed by atoms with Crippen molar-refractivity contribution in [3.05, 3.63) is 66.0 Å². The van der Waals surface area contributed by atoms with Gasteiger partial charge in [0.2, 0.25) is 0 Å². The van der Waals surface area contributed by atoms with Gasteiger partial charge in [0.05, 0.1) is 4.58 Å². The van der Waals surface area contributed by atoms with Crippen molar-refractivity contribution >= 4 is 35.1 Å². The van der Waals surface area contributed by atoms with Crippen LogP contribution in [0.3, 0.4) is 0 Å². The highest BCUT2D eigenvalue weighted by atomic mass is 32.2. The number of benzene rings is 2. The van der Waals surface area contributed by atoms with E-state index in [9.17, 15) is 4.79 Å². The molecule has 4 rings (SSSR count). The normalized spacial score (nSPS) is 14.4. The predicted molar refractivity (Wildman–Crippen MR) is 113 cm³/mol. The van der Waals surface area contributed by atoms with Gasteiger partial charge in [0.1, 0.15) is 6.33 Å². The van der Waals surface area contributed by atoms with Crippen LogP contribution in [0.4, 0.5) is 5.69 Å². The lowest BCUT2D eigenvalue weighted by Gasteiger charge is -2.10. The topological polar surface area (TPSA) is 59.8 Å². The van der Waals surface area contributed by atoms with E-state index in [0.29, 0.717) is 10.1 Å². The second-order valence-electron chi connectivity index (χ2n) is 6.17. The molecule has 0 atom stereocenters. The number of nitrogens with zero attached hydrogens (tertiary/aromatic N) is 3. The van der Waals surface area contributed by atoms with Gasteiger partial charge in [-0.3, -0.25) is 4.79 Å². The van der Waals surface area contributed by atoms with Crippen LogP contribution in [-0.2, 0) is 6.54 Å². The van der Waals surface area contributed by atoms with E-state index < -0.39 is 0 Å². The summed E-state index contributed by atoms with van der Waals surface area (Å²) < 4.78 is 2.47. The Hall–Kier alpha value is -2.25. The van der Waals surface area contributed by atoms with Crippen molar-refractivity contribution in [2.45, 2.75) is 18.1 Å². The van der Waals surface area contributed by atoms with Crippen LogP contribution in [0.1, 0.15) is 27.4 Å². The molecule has 1 fully saturated rings. The molecule has 5 nitrogen and oxygen atoms in total. The zero-order valence-corrected chi connectivity index (χ0v) is 16.6. The maximum atomic E-state index is 12.6. The molecule has 0 radical (unpaired) electrons. The maximum absolute atomic E-state index is 12.6. The van der Waals surface area contributed by atoms with E-state index in [2.05, 4.69) is 27.6 Å². The average molecular weight is 397 g/mol. The minimum absolute atomic E-state index is 0.109. The molecule has 1 amide bonds. The standard InChI is InChI=1S/C20H20N4OS2/c1-2-24-13-21-23-18(24)16-4-3-5-17(12-16)22-19(25)14-6-8-15(9-7-14)20-26-10-11-27-20/h3-9,12-13,20H,2,10-11H2,1H3,(H,22,25). The molecule has 7 heteroatoms. The van der Waals surface area contributed by atoms with Crippen LogP contribution in [0, 0.1) is 0 Å². The van der Waals surface area contributed by atoms with Crippen molar-refractivity contribution in [3.8, 4) is 11.4 Å². The van der Waals surface area contributed by atoms with Crippen molar-refractivity contribution in [2.24, 2.45) is 0 Å². The van der Waals surface area contributed by atoms with E-state index in [0.717, 1.165) is 23.6 Å². The first-order valence-corrected chi connectivity index (χ1v) is 11.0. The van der Waals surface area contributed by atoms with E-state index in [1.807, 2.05) is 71.4 Å². The Balaban J connectivity index is 1.49. The summed E-state index contributed by atoms with van der Waals surface area (Å²) in [6.07, 6.45) is 1.71. The molecule has 2 heterocycles. The molecule has 3 aromatic rings. The van der Waals surface area contributed by atoms with Crippen LogP contribution in [0.15, 0.2) is 54.9 Å². The zero-order valence-electron chi connectivity index (χ0n) is 15.0. The van der Waals surface area contributed by atoms with Gasteiger partial charge in [-0.05, 0) is 36.8 Å². The van der Waals surface area contributed by atoms with Gasteiger partial charge >= 0.3 is 0 Å². The summed E-state index contributed by atoms with van der Waals surface area (Å²) in [5.74, 6) is 3.08. The first-order chi connectivity index (χ1) is 13.2. The molecule has 0 saturated carbocycles. The third-order valence-electron chi connectivity index (χ3n) is 4.40. The number of carbonyl (C=O) groups is 1. The number of hydrogen-bond acceptors (Lipinski definition) is 5. The Morgan fingerprint density at radius 3 is 2.70 bits per heavy atom. The zero-order chi connectivity index (χ0) is 18.6. The second-order valence-corrected chi connectivity index (χ2v) is 8.90. The van der Waals surface area contributed by atoms with E-state index in [-0.39, 0.29) is 5.91 Å². The fourth-order valence-corrected chi connectivity index (χ4v) is 5.85. The first kappa shape index (κ1) is 18.1. The van der Waals surface area contributed by atoms with E-state index in [1.54, 1.807) is 6.33 Å². The van der Waals surface area contributed by atoms with Crippen LogP contribution in [-0.4, -0.2) is 32.2 Å². The minimum Gasteiger partial charge on any atom is -0.322 e. The van der Waals surface area contributed by atoms with Crippen molar-refractivity contribution < 1.29 is 4.79 Å². The summed E-state index contributed by atoms with van der Waals surface area (Å²) in [7, 11) is 0. The summed E-state index contributed by atoms with van der Waals surface area (Å²) >= 11 is 3.93. The Labute approximate surface area is 167 Å². The van der Waals surface area contributed by atoms with Gasteiger partial charge in [-0.1, -0.05) is 24.3 Å². The lowest BCUT2D eigenvalue weighted by atomic mass is 10.1. The van der Waals surface area contributed by atoms with Crippen molar-refractivity contribution in [1.29, 1.82) is 0 Å². The summed E-state index contributed by atoms with van der Waals surface area (Å²) in [5, 5.41) is 11.1. The molecule has 1 aromatic heterocycles. The fraction of sp³-hybridized carbons (Fsp3) is 0.250. The van der Waals surface area contributed by atoms with Gasteiger partial charge in [0.25, 0.3) is 5.91 Å². The Kier molecular flexibility index (Phi) is 5.50. The quantitative estimate of drug-likeness (QED) is 0.678. The number of carbonyl (C=O) groups excluding carboxylic acids is 1. The van der Waals surface area contributed by atoms with Crippen molar-refractivity contribution in [3.63, 3.8) is 0 Å². The number of aryl methyl sites for hydroxylation is 1. The highest BCUT2D eigenvalue weighted by Crippen LogP contribution is 2.45. The van der Waals surface area contributed by atoms with Crippen molar-refractivity contribution in [2.75, 3.05) is 16.8 Å². The molecule has 0 spiro atoms. The maximum Gasteiger partial charge on any atom is 0.255 e. The predicted octanol–water partition coefficient (Wildman–Crippen LogP) is 4.70. The number of thioether (sulfide) groups is 2. The molecule has 1 aliphatic heterocycles. The molecular weight excluding hydrogens is 376 g/mol. The lowest BCUT2D eigenvalue weighted by Crippen LogP contribution is -2.12. The third-order valence-corrected chi connectivity index (χ3v) is 7.51. The van der Waals surface area contributed by atoms with Crippen LogP contribution in [0.2, 0.25) is 0 Å². The Morgan fingerprint density at radius 2 is 1.96 bits per heavy atom. The number of hydrogen-bond donors (Lipinski definition) is 1. The van der Waals surface area contributed by atoms with Gasteiger partial charge in [-0.15, -0.1) is 33.7 Å². The smallest absolute Gasteiger partial charge is 0.255 e. The van der Waals surface area contributed by atoms with Gasteiger partial charge < -0.3 is 9.88 Å². The Bertz CT molecular complexity index is 933. The first-order valence-electron chi connectivity index (χ1n) is 8.87. The van der Waals surface area contributed by atoms with Gasteiger partial charge in [-0.2, -0.15) is 0 Å². The molecule has 1 aliphatic rings. The molecular formula is C20H20N4OS2. The molecule has 0 aliphatic carbocycles. The van der Waals surface area contributed by atoms with Crippen LogP contribution >= 0.6 is 23.5 Å². The van der Waals surface area contributed by atoms with E-state index in [4.69, 9.17) is 0 Å². The molecule has 138 valence electrons.